The van der Waals surface area contributed by atoms with Crippen molar-refractivity contribution < 1.29 is 18.0 Å². The molecule has 0 fully saturated rings. The molecule has 0 bridgehead atoms. The Kier molecular flexibility index (Phi) is 6.64. The second kappa shape index (κ2) is 9.00. The first-order valence-electron chi connectivity index (χ1n) is 9.48. The first-order chi connectivity index (χ1) is 13.8. The van der Waals surface area contributed by atoms with Gasteiger partial charge in [-0.2, -0.15) is 0 Å². The van der Waals surface area contributed by atoms with Crippen LogP contribution < -0.4 is 10.6 Å². The second-order valence-electron chi connectivity index (χ2n) is 6.88. The lowest BCUT2D eigenvalue weighted by molar-refractivity contribution is -0.116. The maximum Gasteiger partial charge on any atom is 0.225 e. The molecule has 29 heavy (non-hydrogen) atoms. The summed E-state index contributed by atoms with van der Waals surface area (Å²) in [5.74, 6) is -0.109. The van der Waals surface area contributed by atoms with Crippen LogP contribution >= 0.6 is 11.8 Å². The first-order valence-corrected chi connectivity index (χ1v) is 12.1. The zero-order valence-corrected chi connectivity index (χ0v) is 18.1. The Bertz CT molecular complexity index is 1050. The normalized spacial score (nSPS) is 13.9. The average Bonchev–Trinajstić information content (AvgIpc) is 2.87. The highest BCUT2D eigenvalue weighted by molar-refractivity contribution is 7.99. The molecule has 0 spiro atoms. The van der Waals surface area contributed by atoms with Crippen LogP contribution in [0.1, 0.15) is 30.9 Å². The molecule has 0 saturated heterocycles. The molecule has 154 valence electrons. The maximum absolute atomic E-state index is 12.7. The number of amides is 2. The Hall–Kier alpha value is -2.32. The Morgan fingerprint density at radius 3 is 2.79 bits per heavy atom. The quantitative estimate of drug-likeness (QED) is 0.724. The highest BCUT2D eigenvalue weighted by Crippen LogP contribution is 2.33. The molecule has 2 amide bonds. The van der Waals surface area contributed by atoms with E-state index in [1.54, 1.807) is 6.07 Å². The van der Waals surface area contributed by atoms with Gasteiger partial charge in [-0.05, 0) is 42.7 Å². The number of hydrogen-bond donors (Lipinski definition) is 2. The highest BCUT2D eigenvalue weighted by Gasteiger charge is 2.21. The third-order valence-corrected chi connectivity index (χ3v) is 7.56. The van der Waals surface area contributed by atoms with Crippen LogP contribution in [0.2, 0.25) is 0 Å². The molecular weight excluding hydrogens is 408 g/mol. The summed E-state index contributed by atoms with van der Waals surface area (Å²) >= 11 is 1.51. The van der Waals surface area contributed by atoms with E-state index in [0.29, 0.717) is 17.9 Å². The highest BCUT2D eigenvalue weighted by atomic mass is 32.2. The van der Waals surface area contributed by atoms with E-state index in [9.17, 15) is 18.0 Å². The van der Waals surface area contributed by atoms with E-state index in [2.05, 4.69) is 10.6 Å². The lowest BCUT2D eigenvalue weighted by atomic mass is 10.1. The molecule has 6 nitrogen and oxygen atoms in total. The van der Waals surface area contributed by atoms with Crippen molar-refractivity contribution in [3.8, 4) is 0 Å². The topological polar surface area (TPSA) is 92.3 Å². The van der Waals surface area contributed by atoms with Crippen LogP contribution in [0.4, 0.5) is 11.4 Å². The number of thioether (sulfide) groups is 1. The van der Waals surface area contributed by atoms with Crippen LogP contribution in [-0.2, 0) is 25.8 Å². The third-order valence-electron chi connectivity index (χ3n) is 4.77. The molecule has 3 rings (SSSR count). The molecule has 0 unspecified atom stereocenters. The van der Waals surface area contributed by atoms with Gasteiger partial charge in [0.25, 0.3) is 0 Å². The number of para-hydroxylation sites is 1. The predicted octanol–water partition coefficient (Wildman–Crippen LogP) is 3.79. The maximum atomic E-state index is 12.7. The van der Waals surface area contributed by atoms with Gasteiger partial charge in [0.2, 0.25) is 11.8 Å². The number of fused-ring (bicyclic) bond motifs is 1. The van der Waals surface area contributed by atoms with E-state index in [1.165, 1.54) is 23.9 Å². The fourth-order valence-corrected chi connectivity index (χ4v) is 5.34. The Labute approximate surface area is 175 Å². The van der Waals surface area contributed by atoms with E-state index in [-0.39, 0.29) is 28.9 Å². The summed E-state index contributed by atoms with van der Waals surface area (Å²) in [5.41, 5.74) is 3.22. The van der Waals surface area contributed by atoms with Crippen LogP contribution in [0.5, 0.6) is 0 Å². The number of aryl methyl sites for hydroxylation is 2. The molecule has 0 saturated carbocycles. The number of rotatable bonds is 6. The minimum atomic E-state index is -3.66. The summed E-state index contributed by atoms with van der Waals surface area (Å²) in [6.45, 7) is 3.91. The largest absolute Gasteiger partial charge is 0.326 e. The number of sulfone groups is 1. The molecule has 0 radical (unpaired) electrons. The van der Waals surface area contributed by atoms with Crippen molar-refractivity contribution in [2.75, 3.05) is 22.1 Å². The zero-order chi connectivity index (χ0) is 21.0. The molecule has 1 heterocycles. The van der Waals surface area contributed by atoms with E-state index in [0.717, 1.165) is 28.1 Å². The summed E-state index contributed by atoms with van der Waals surface area (Å²) in [4.78, 5) is 25.1. The number of carbonyl (C=O) groups excluding carboxylic acids is 2. The Morgan fingerprint density at radius 1 is 1.24 bits per heavy atom. The van der Waals surface area contributed by atoms with Gasteiger partial charge in [0.05, 0.1) is 16.3 Å². The molecule has 0 atom stereocenters. The van der Waals surface area contributed by atoms with Gasteiger partial charge in [-0.15, -0.1) is 11.8 Å². The second-order valence-corrected chi connectivity index (χ2v) is 10.1. The number of benzene rings is 2. The fourth-order valence-electron chi connectivity index (χ4n) is 3.14. The van der Waals surface area contributed by atoms with Crippen molar-refractivity contribution >= 4 is 44.8 Å². The van der Waals surface area contributed by atoms with Crippen LogP contribution in [0.25, 0.3) is 0 Å². The lowest BCUT2D eigenvalue weighted by Gasteiger charge is -2.13. The molecule has 2 aromatic carbocycles. The molecule has 0 aromatic heterocycles. The monoisotopic (exact) mass is 432 g/mol. The third kappa shape index (κ3) is 5.19. The van der Waals surface area contributed by atoms with Gasteiger partial charge in [-0.25, -0.2) is 8.42 Å². The standard InChI is InChI=1S/C21H24N2O4S2/c1-3-15-6-4-5-14(2)21(15)23-20(25)10-12-29(26,27)16-7-8-18-17(13-16)22-19(24)9-11-28-18/h4-8,13H,3,9-12H2,1-2H3,(H,22,24)(H,23,25). The van der Waals surface area contributed by atoms with Crippen LogP contribution in [0.15, 0.2) is 46.2 Å². The minimum Gasteiger partial charge on any atom is -0.326 e. The summed E-state index contributed by atoms with van der Waals surface area (Å²) < 4.78 is 25.5. The smallest absolute Gasteiger partial charge is 0.225 e. The number of hydrogen-bond acceptors (Lipinski definition) is 5. The average molecular weight is 433 g/mol. The van der Waals surface area contributed by atoms with Gasteiger partial charge in [0.15, 0.2) is 9.84 Å². The first kappa shape index (κ1) is 21.4. The van der Waals surface area contributed by atoms with Crippen molar-refractivity contribution in [3.05, 3.63) is 47.5 Å². The number of anilines is 2. The van der Waals surface area contributed by atoms with Crippen LogP contribution in [-0.4, -0.2) is 31.7 Å². The van der Waals surface area contributed by atoms with Gasteiger partial charge in [0, 0.05) is 29.2 Å². The summed E-state index contributed by atoms with van der Waals surface area (Å²) in [5, 5.41) is 5.60. The number of nitrogens with one attached hydrogen (secondary N) is 2. The van der Waals surface area contributed by atoms with E-state index >= 15 is 0 Å². The van der Waals surface area contributed by atoms with Crippen molar-refractivity contribution in [2.45, 2.75) is 42.9 Å². The van der Waals surface area contributed by atoms with E-state index in [4.69, 9.17) is 0 Å². The van der Waals surface area contributed by atoms with Gasteiger partial charge < -0.3 is 10.6 Å². The van der Waals surface area contributed by atoms with Crippen LogP contribution in [0.3, 0.4) is 0 Å². The fraction of sp³-hybridized carbons (Fsp3) is 0.333. The molecule has 0 aliphatic carbocycles. The molecule has 1 aliphatic rings. The van der Waals surface area contributed by atoms with Crippen molar-refractivity contribution in [1.82, 2.24) is 0 Å². The van der Waals surface area contributed by atoms with Crippen molar-refractivity contribution in [3.63, 3.8) is 0 Å². The molecule has 1 aliphatic heterocycles. The summed E-state index contributed by atoms with van der Waals surface area (Å²) in [6, 6.07) is 10.5. The Balaban J connectivity index is 1.70. The summed E-state index contributed by atoms with van der Waals surface area (Å²) in [7, 11) is -3.66. The minimum absolute atomic E-state index is 0.108. The van der Waals surface area contributed by atoms with Crippen molar-refractivity contribution in [2.24, 2.45) is 0 Å². The van der Waals surface area contributed by atoms with Gasteiger partial charge in [-0.3, -0.25) is 9.59 Å². The van der Waals surface area contributed by atoms with Gasteiger partial charge in [0.1, 0.15) is 0 Å². The van der Waals surface area contributed by atoms with Crippen molar-refractivity contribution in [1.29, 1.82) is 0 Å². The SMILES string of the molecule is CCc1cccc(C)c1NC(=O)CCS(=O)(=O)c1ccc2c(c1)NC(=O)CCS2. The summed E-state index contributed by atoms with van der Waals surface area (Å²) in [6.07, 6.45) is 1.02. The van der Waals surface area contributed by atoms with Gasteiger partial charge in [-0.1, -0.05) is 25.1 Å². The molecular formula is C21H24N2O4S2. The zero-order valence-electron chi connectivity index (χ0n) is 16.4. The molecule has 2 aromatic rings. The predicted molar refractivity (Wildman–Crippen MR) is 116 cm³/mol. The molecule has 8 heteroatoms. The van der Waals surface area contributed by atoms with Crippen LogP contribution in [0, 0.1) is 6.92 Å². The van der Waals surface area contributed by atoms with E-state index < -0.39 is 9.84 Å². The Morgan fingerprint density at radius 2 is 2.03 bits per heavy atom. The van der Waals surface area contributed by atoms with Gasteiger partial charge >= 0.3 is 0 Å². The van der Waals surface area contributed by atoms with E-state index in [1.807, 2.05) is 32.0 Å². The number of carbonyl (C=O) groups is 2. The lowest BCUT2D eigenvalue weighted by Crippen LogP contribution is -2.19. The molecule has 2 N–H and O–H groups in total.